The van der Waals surface area contributed by atoms with Gasteiger partial charge in [0.2, 0.25) is 5.91 Å². The first-order chi connectivity index (χ1) is 13.1. The van der Waals surface area contributed by atoms with Gasteiger partial charge in [0, 0.05) is 18.3 Å². The number of hydrogen-bond acceptors (Lipinski definition) is 4. The van der Waals surface area contributed by atoms with E-state index in [0.717, 1.165) is 5.56 Å². The summed E-state index contributed by atoms with van der Waals surface area (Å²) < 4.78 is 5.23. The van der Waals surface area contributed by atoms with Crippen molar-refractivity contribution in [3.05, 3.63) is 59.7 Å². The topological polar surface area (TPSA) is 84.5 Å². The fourth-order valence-corrected chi connectivity index (χ4v) is 2.47. The molecule has 6 heteroatoms. The highest BCUT2D eigenvalue weighted by atomic mass is 16.5. The second-order valence-electron chi connectivity index (χ2n) is 7.62. The number of amides is 2. The molecule has 1 unspecified atom stereocenters. The molecule has 0 aliphatic carbocycles. The summed E-state index contributed by atoms with van der Waals surface area (Å²) in [5, 5.41) is 5.36. The molecule has 0 radical (unpaired) electrons. The molecule has 0 saturated heterocycles. The molecule has 0 spiro atoms. The summed E-state index contributed by atoms with van der Waals surface area (Å²) in [6.45, 7) is 9.27. The lowest BCUT2D eigenvalue weighted by Crippen LogP contribution is -2.30. The molecule has 2 aromatic carbocycles. The highest BCUT2D eigenvalue weighted by Gasteiger charge is 2.19. The van der Waals surface area contributed by atoms with E-state index in [4.69, 9.17) is 4.74 Å². The van der Waals surface area contributed by atoms with Gasteiger partial charge in [-0.3, -0.25) is 9.59 Å². The molecular formula is C22H26N2O4. The van der Waals surface area contributed by atoms with Gasteiger partial charge in [-0.2, -0.15) is 0 Å². The van der Waals surface area contributed by atoms with Gasteiger partial charge in [-0.25, -0.2) is 4.79 Å². The van der Waals surface area contributed by atoms with Crippen molar-refractivity contribution in [1.29, 1.82) is 0 Å². The first-order valence-corrected chi connectivity index (χ1v) is 9.06. The smallest absolute Gasteiger partial charge is 0.338 e. The lowest BCUT2D eigenvalue weighted by molar-refractivity contribution is -0.123. The number of esters is 1. The van der Waals surface area contributed by atoms with Gasteiger partial charge in [0.15, 0.2) is 6.10 Å². The summed E-state index contributed by atoms with van der Waals surface area (Å²) in [5.74, 6) is -1.22. The Kier molecular flexibility index (Phi) is 6.57. The van der Waals surface area contributed by atoms with Crippen LogP contribution in [0.4, 0.5) is 11.4 Å². The Morgan fingerprint density at radius 1 is 0.857 bits per heavy atom. The summed E-state index contributed by atoms with van der Waals surface area (Å²) in [4.78, 5) is 35.5. The number of anilines is 2. The van der Waals surface area contributed by atoms with Gasteiger partial charge in [0.25, 0.3) is 5.91 Å². The highest BCUT2D eigenvalue weighted by molar-refractivity contribution is 5.97. The van der Waals surface area contributed by atoms with Crippen LogP contribution in [0.25, 0.3) is 0 Å². The monoisotopic (exact) mass is 382 g/mol. The minimum absolute atomic E-state index is 0.0286. The quantitative estimate of drug-likeness (QED) is 0.762. The number of nitrogens with one attached hydrogen (secondary N) is 2. The third kappa shape index (κ3) is 5.94. The van der Waals surface area contributed by atoms with Crippen molar-refractivity contribution >= 4 is 29.2 Å². The molecule has 0 aliphatic rings. The predicted molar refractivity (Wildman–Crippen MR) is 109 cm³/mol. The van der Waals surface area contributed by atoms with Crippen molar-refractivity contribution in [3.8, 4) is 0 Å². The average molecular weight is 382 g/mol. The van der Waals surface area contributed by atoms with E-state index in [-0.39, 0.29) is 11.3 Å². The molecule has 2 aromatic rings. The molecular weight excluding hydrogens is 356 g/mol. The molecule has 0 fully saturated rings. The Hall–Kier alpha value is -3.15. The van der Waals surface area contributed by atoms with Gasteiger partial charge in [-0.1, -0.05) is 32.9 Å². The van der Waals surface area contributed by atoms with Crippen LogP contribution in [0.3, 0.4) is 0 Å². The van der Waals surface area contributed by atoms with Gasteiger partial charge in [-0.15, -0.1) is 0 Å². The number of ether oxygens (including phenoxy) is 1. The van der Waals surface area contributed by atoms with Gasteiger partial charge in [-0.05, 0) is 54.3 Å². The van der Waals surface area contributed by atoms with Gasteiger partial charge >= 0.3 is 5.97 Å². The second kappa shape index (κ2) is 8.69. The fraction of sp³-hybridized carbons (Fsp3) is 0.318. The standard InChI is InChI=1S/C22H26N2O4/c1-14(20(26)24-19-12-8-17(9-13-19)22(3,4)5)28-21(27)16-6-10-18(11-7-16)23-15(2)25/h6-14H,1-5H3,(H,23,25)(H,24,26). The molecule has 2 N–H and O–H groups in total. The molecule has 0 heterocycles. The first kappa shape index (κ1) is 21.2. The maximum absolute atomic E-state index is 12.3. The van der Waals surface area contributed by atoms with Crippen molar-refractivity contribution in [3.63, 3.8) is 0 Å². The lowest BCUT2D eigenvalue weighted by atomic mass is 9.87. The minimum Gasteiger partial charge on any atom is -0.449 e. The molecule has 0 aromatic heterocycles. The molecule has 0 saturated carbocycles. The molecule has 148 valence electrons. The van der Waals surface area contributed by atoms with E-state index in [0.29, 0.717) is 16.9 Å². The van der Waals surface area contributed by atoms with Crippen LogP contribution >= 0.6 is 0 Å². The Morgan fingerprint density at radius 2 is 1.36 bits per heavy atom. The van der Waals surface area contributed by atoms with E-state index in [2.05, 4.69) is 31.4 Å². The molecule has 28 heavy (non-hydrogen) atoms. The zero-order chi connectivity index (χ0) is 20.9. The van der Waals surface area contributed by atoms with Crippen LogP contribution in [0.15, 0.2) is 48.5 Å². The van der Waals surface area contributed by atoms with Gasteiger partial charge in [0.1, 0.15) is 0 Å². The third-order valence-corrected chi connectivity index (χ3v) is 4.11. The van der Waals surface area contributed by atoms with E-state index in [1.807, 2.05) is 24.3 Å². The average Bonchev–Trinajstić information content (AvgIpc) is 2.61. The third-order valence-electron chi connectivity index (χ3n) is 4.11. The van der Waals surface area contributed by atoms with E-state index in [9.17, 15) is 14.4 Å². The van der Waals surface area contributed by atoms with Crippen LogP contribution in [-0.4, -0.2) is 23.9 Å². The Labute approximate surface area is 165 Å². The van der Waals surface area contributed by atoms with E-state index in [1.165, 1.54) is 26.0 Å². The van der Waals surface area contributed by atoms with Crippen LogP contribution in [0, 0.1) is 0 Å². The Balaban J connectivity index is 1.94. The maximum Gasteiger partial charge on any atom is 0.338 e. The van der Waals surface area contributed by atoms with Crippen molar-refractivity contribution in [1.82, 2.24) is 0 Å². The molecule has 0 bridgehead atoms. The van der Waals surface area contributed by atoms with E-state index in [1.54, 1.807) is 12.1 Å². The SMILES string of the molecule is CC(=O)Nc1ccc(C(=O)OC(C)C(=O)Nc2ccc(C(C)(C)C)cc2)cc1. The largest absolute Gasteiger partial charge is 0.449 e. The number of benzene rings is 2. The minimum atomic E-state index is -0.954. The molecule has 6 nitrogen and oxygen atoms in total. The van der Waals surface area contributed by atoms with Crippen molar-refractivity contribution in [2.45, 2.75) is 46.1 Å². The zero-order valence-electron chi connectivity index (χ0n) is 16.8. The molecule has 1 atom stereocenters. The van der Waals surface area contributed by atoms with E-state index >= 15 is 0 Å². The maximum atomic E-state index is 12.3. The second-order valence-corrected chi connectivity index (χ2v) is 7.62. The number of carbonyl (C=O) groups excluding carboxylic acids is 3. The van der Waals surface area contributed by atoms with Crippen molar-refractivity contribution in [2.24, 2.45) is 0 Å². The normalized spacial score (nSPS) is 12.0. The number of carbonyl (C=O) groups is 3. The molecule has 0 aliphatic heterocycles. The summed E-state index contributed by atoms with van der Waals surface area (Å²) >= 11 is 0. The van der Waals surface area contributed by atoms with Gasteiger partial charge < -0.3 is 15.4 Å². The summed E-state index contributed by atoms with van der Waals surface area (Å²) in [5.41, 5.74) is 2.70. The van der Waals surface area contributed by atoms with Crippen molar-refractivity contribution < 1.29 is 19.1 Å². The van der Waals surface area contributed by atoms with E-state index < -0.39 is 18.0 Å². The van der Waals surface area contributed by atoms with Crippen molar-refractivity contribution in [2.75, 3.05) is 10.6 Å². The highest BCUT2D eigenvalue weighted by Crippen LogP contribution is 2.23. The van der Waals surface area contributed by atoms with Crippen LogP contribution in [-0.2, 0) is 19.7 Å². The Morgan fingerprint density at radius 3 is 1.86 bits per heavy atom. The van der Waals surface area contributed by atoms with Crippen LogP contribution in [0.5, 0.6) is 0 Å². The first-order valence-electron chi connectivity index (χ1n) is 9.06. The van der Waals surface area contributed by atoms with Gasteiger partial charge in [0.05, 0.1) is 5.56 Å². The summed E-state index contributed by atoms with van der Waals surface area (Å²) in [6, 6.07) is 13.8. The predicted octanol–water partition coefficient (Wildman–Crippen LogP) is 4.13. The Bertz CT molecular complexity index is 850. The summed E-state index contributed by atoms with van der Waals surface area (Å²) in [6.07, 6.45) is -0.954. The fourth-order valence-electron chi connectivity index (χ4n) is 2.47. The number of hydrogen-bond donors (Lipinski definition) is 2. The van der Waals surface area contributed by atoms with Crippen LogP contribution in [0.2, 0.25) is 0 Å². The summed E-state index contributed by atoms with van der Waals surface area (Å²) in [7, 11) is 0. The molecule has 2 amide bonds. The van der Waals surface area contributed by atoms with Crippen LogP contribution < -0.4 is 10.6 Å². The number of rotatable bonds is 5. The zero-order valence-corrected chi connectivity index (χ0v) is 16.8. The molecule has 2 rings (SSSR count). The lowest BCUT2D eigenvalue weighted by Gasteiger charge is -2.19. The van der Waals surface area contributed by atoms with Crippen LogP contribution in [0.1, 0.15) is 50.5 Å².